The fourth-order valence-corrected chi connectivity index (χ4v) is 0.592. The molecule has 5 heteroatoms. The van der Waals surface area contributed by atoms with Gasteiger partial charge in [0.05, 0.1) is 13.2 Å². The lowest BCUT2D eigenvalue weighted by Gasteiger charge is -2.22. The number of carbonyl (C=O) groups excluding carboxylic acids is 1. The Bertz CT molecular complexity index is 217. The Hall–Kier alpha value is -0.940. The van der Waals surface area contributed by atoms with Crippen LogP contribution in [0.3, 0.4) is 0 Å². The molecule has 0 radical (unpaired) electrons. The minimum Gasteiger partial charge on any atom is -0.447 e. The molecule has 0 aromatic rings. The lowest BCUT2D eigenvalue weighted by molar-refractivity contribution is 0.0124. The Kier molecular flexibility index (Phi) is 5.34. The maximum absolute atomic E-state index is 11.0. The van der Waals surface area contributed by atoms with Crippen molar-refractivity contribution in [2.24, 2.45) is 10.4 Å². The number of aliphatic imine (C=N–C) groups is 1. The third-order valence-electron chi connectivity index (χ3n) is 1.62. The van der Waals surface area contributed by atoms with Gasteiger partial charge in [-0.2, -0.15) is 4.99 Å². The van der Waals surface area contributed by atoms with Gasteiger partial charge in [-0.1, -0.05) is 6.92 Å². The number of hydrogen-bond acceptors (Lipinski definition) is 4. The second-order valence-corrected chi connectivity index (χ2v) is 3.74. The Morgan fingerprint density at radius 3 is 2.21 bits per heavy atom. The van der Waals surface area contributed by atoms with Gasteiger partial charge < -0.3 is 14.9 Å². The van der Waals surface area contributed by atoms with E-state index in [9.17, 15) is 4.79 Å². The summed E-state index contributed by atoms with van der Waals surface area (Å²) in [5, 5.41) is 17.8. The van der Waals surface area contributed by atoms with Crippen LogP contribution in [-0.4, -0.2) is 41.8 Å². The average Bonchev–Trinajstić information content (AvgIpc) is 2.13. The summed E-state index contributed by atoms with van der Waals surface area (Å²) >= 11 is 0. The molecule has 5 nitrogen and oxygen atoms in total. The molecule has 0 aliphatic heterocycles. The molecule has 0 spiro atoms. The zero-order valence-corrected chi connectivity index (χ0v) is 8.78. The van der Waals surface area contributed by atoms with Crippen molar-refractivity contribution < 1.29 is 19.7 Å². The molecule has 0 bridgehead atoms. The van der Waals surface area contributed by atoms with E-state index in [0.717, 1.165) is 0 Å². The first-order chi connectivity index (χ1) is 6.43. The van der Waals surface area contributed by atoms with E-state index >= 15 is 0 Å². The molecule has 14 heavy (non-hydrogen) atoms. The number of nitrogens with zero attached hydrogens (tertiary/aromatic N) is 1. The number of rotatable bonds is 4. The van der Waals surface area contributed by atoms with Crippen LogP contribution in [0.15, 0.2) is 4.99 Å². The van der Waals surface area contributed by atoms with Crippen molar-refractivity contribution in [3.63, 3.8) is 0 Å². The van der Waals surface area contributed by atoms with Crippen molar-refractivity contribution in [1.29, 1.82) is 0 Å². The molecule has 0 heterocycles. The lowest BCUT2D eigenvalue weighted by atomic mass is 9.95. The predicted octanol–water partition coefficient (Wildman–Crippen LogP) is 0.595. The molecule has 0 aromatic carbocycles. The summed E-state index contributed by atoms with van der Waals surface area (Å²) in [5.41, 5.74) is -0.197. The molecule has 2 N–H and O–H groups in total. The molecule has 0 aromatic heterocycles. The van der Waals surface area contributed by atoms with Crippen LogP contribution in [-0.2, 0) is 4.74 Å². The van der Waals surface area contributed by atoms with Crippen LogP contribution in [0.1, 0.15) is 20.8 Å². The first-order valence-electron chi connectivity index (χ1n) is 4.34. The maximum Gasteiger partial charge on any atom is 0.433 e. The molecule has 0 fully saturated rings. The zero-order valence-electron chi connectivity index (χ0n) is 8.78. The van der Waals surface area contributed by atoms with Crippen LogP contribution in [0, 0.1) is 5.41 Å². The summed E-state index contributed by atoms with van der Waals surface area (Å²) in [4.78, 5) is 14.5. The SMILES string of the molecule is CC(C)=NC(=O)OCC(C)(CO)CO. The Morgan fingerprint density at radius 2 is 1.86 bits per heavy atom. The van der Waals surface area contributed by atoms with Gasteiger partial charge in [0.2, 0.25) is 0 Å². The second kappa shape index (κ2) is 5.72. The molecule has 0 saturated carbocycles. The Balaban J connectivity index is 4.05. The van der Waals surface area contributed by atoms with Gasteiger partial charge in [-0.05, 0) is 13.8 Å². The van der Waals surface area contributed by atoms with Gasteiger partial charge in [0.25, 0.3) is 0 Å². The normalized spacial score (nSPS) is 10.9. The highest BCUT2D eigenvalue weighted by Gasteiger charge is 2.24. The van der Waals surface area contributed by atoms with Crippen LogP contribution in [0.4, 0.5) is 4.79 Å². The molecule has 82 valence electrons. The van der Waals surface area contributed by atoms with Crippen LogP contribution >= 0.6 is 0 Å². The topological polar surface area (TPSA) is 79.1 Å². The molecule has 0 saturated heterocycles. The van der Waals surface area contributed by atoms with E-state index in [-0.39, 0.29) is 19.8 Å². The summed E-state index contributed by atoms with van der Waals surface area (Å²) in [6, 6.07) is 0. The monoisotopic (exact) mass is 203 g/mol. The summed E-state index contributed by atoms with van der Waals surface area (Å²) in [7, 11) is 0. The smallest absolute Gasteiger partial charge is 0.433 e. The van der Waals surface area contributed by atoms with Crippen LogP contribution < -0.4 is 0 Å². The average molecular weight is 203 g/mol. The molecule has 0 aliphatic carbocycles. The maximum atomic E-state index is 11.0. The van der Waals surface area contributed by atoms with E-state index in [0.29, 0.717) is 5.71 Å². The molecular weight excluding hydrogens is 186 g/mol. The van der Waals surface area contributed by atoms with Gasteiger partial charge in [-0.25, -0.2) is 4.79 Å². The van der Waals surface area contributed by atoms with E-state index in [1.54, 1.807) is 20.8 Å². The first-order valence-corrected chi connectivity index (χ1v) is 4.34. The fraction of sp³-hybridized carbons (Fsp3) is 0.778. The summed E-state index contributed by atoms with van der Waals surface area (Å²) in [5.74, 6) is 0. The number of aliphatic hydroxyl groups is 2. The van der Waals surface area contributed by atoms with Gasteiger partial charge in [-0.15, -0.1) is 0 Å². The third-order valence-corrected chi connectivity index (χ3v) is 1.62. The predicted molar refractivity (Wildman–Crippen MR) is 52.4 cm³/mol. The van der Waals surface area contributed by atoms with Gasteiger partial charge in [-0.3, -0.25) is 0 Å². The number of aliphatic hydroxyl groups excluding tert-OH is 2. The van der Waals surface area contributed by atoms with Crippen molar-refractivity contribution >= 4 is 11.8 Å². The van der Waals surface area contributed by atoms with Crippen molar-refractivity contribution in [3.8, 4) is 0 Å². The van der Waals surface area contributed by atoms with Gasteiger partial charge in [0.15, 0.2) is 0 Å². The largest absolute Gasteiger partial charge is 0.447 e. The van der Waals surface area contributed by atoms with Crippen molar-refractivity contribution in [2.75, 3.05) is 19.8 Å². The highest BCUT2D eigenvalue weighted by atomic mass is 16.5. The number of ether oxygens (including phenoxy) is 1. The van der Waals surface area contributed by atoms with E-state index in [1.165, 1.54) is 0 Å². The molecule has 0 atom stereocenters. The molecule has 1 amide bonds. The van der Waals surface area contributed by atoms with Gasteiger partial charge in [0, 0.05) is 11.1 Å². The van der Waals surface area contributed by atoms with E-state index in [1.807, 2.05) is 0 Å². The van der Waals surface area contributed by atoms with Crippen molar-refractivity contribution in [2.45, 2.75) is 20.8 Å². The minimum absolute atomic E-state index is 0.0460. The van der Waals surface area contributed by atoms with E-state index < -0.39 is 11.5 Å². The van der Waals surface area contributed by atoms with Gasteiger partial charge in [0.1, 0.15) is 6.61 Å². The summed E-state index contributed by atoms with van der Waals surface area (Å²) in [6.07, 6.45) is -0.696. The van der Waals surface area contributed by atoms with Crippen molar-refractivity contribution in [3.05, 3.63) is 0 Å². The fourth-order valence-electron chi connectivity index (χ4n) is 0.592. The zero-order chi connectivity index (χ0) is 11.2. The molecule has 0 unspecified atom stereocenters. The second-order valence-electron chi connectivity index (χ2n) is 3.74. The lowest BCUT2D eigenvalue weighted by Crippen LogP contribution is -2.32. The quantitative estimate of drug-likeness (QED) is 0.655. The number of carbonyl (C=O) groups is 1. The Morgan fingerprint density at radius 1 is 1.36 bits per heavy atom. The minimum atomic E-state index is -0.799. The van der Waals surface area contributed by atoms with Crippen LogP contribution in [0.2, 0.25) is 0 Å². The standard InChI is InChI=1S/C9H17NO4/c1-7(2)10-8(13)14-6-9(3,4-11)5-12/h11-12H,4-6H2,1-3H3. The molecule has 0 aliphatic rings. The van der Waals surface area contributed by atoms with Crippen molar-refractivity contribution in [1.82, 2.24) is 0 Å². The summed E-state index contributed by atoms with van der Waals surface area (Å²) < 4.78 is 4.75. The highest BCUT2D eigenvalue weighted by Crippen LogP contribution is 2.14. The molecule has 0 rings (SSSR count). The van der Waals surface area contributed by atoms with Gasteiger partial charge >= 0.3 is 6.09 Å². The Labute approximate surface area is 83.4 Å². The van der Waals surface area contributed by atoms with Crippen LogP contribution in [0.5, 0.6) is 0 Å². The van der Waals surface area contributed by atoms with E-state index in [4.69, 9.17) is 14.9 Å². The summed E-state index contributed by atoms with van der Waals surface area (Å²) in [6.45, 7) is 4.44. The number of hydrogen-bond donors (Lipinski definition) is 2. The van der Waals surface area contributed by atoms with Crippen LogP contribution in [0.25, 0.3) is 0 Å². The third kappa shape index (κ3) is 4.94. The molecular formula is C9H17NO4. The van der Waals surface area contributed by atoms with E-state index in [2.05, 4.69) is 4.99 Å². The number of amides is 1. The first kappa shape index (κ1) is 13.1. The highest BCUT2D eigenvalue weighted by molar-refractivity contribution is 5.89.